The molecular formula is C22H23F3N4O3S. The SMILES string of the molecule is N#CCCOCC(=O)N1CCC[C@H](C(=O)NCc2nc(-c3ccc(C(F)(F)F)cc3)cs2)C1. The third-order valence-electron chi connectivity index (χ3n) is 5.20. The second kappa shape index (κ2) is 11.2. The molecule has 7 nitrogen and oxygen atoms in total. The van der Waals surface area contributed by atoms with E-state index in [0.717, 1.165) is 12.1 Å². The monoisotopic (exact) mass is 480 g/mol. The Labute approximate surface area is 193 Å². The van der Waals surface area contributed by atoms with Crippen LogP contribution in [-0.2, 0) is 27.0 Å². The Morgan fingerprint density at radius 2 is 2.06 bits per heavy atom. The molecule has 11 heteroatoms. The van der Waals surface area contributed by atoms with E-state index in [4.69, 9.17) is 10.00 Å². The number of rotatable bonds is 8. The molecule has 176 valence electrons. The van der Waals surface area contributed by atoms with Gasteiger partial charge in [0.25, 0.3) is 0 Å². The molecular weight excluding hydrogens is 457 g/mol. The van der Waals surface area contributed by atoms with Crippen LogP contribution < -0.4 is 5.32 Å². The number of aromatic nitrogens is 1. The third-order valence-corrected chi connectivity index (χ3v) is 6.05. The summed E-state index contributed by atoms with van der Waals surface area (Å²) in [7, 11) is 0. The summed E-state index contributed by atoms with van der Waals surface area (Å²) in [5.41, 5.74) is 0.391. The zero-order valence-corrected chi connectivity index (χ0v) is 18.5. The maximum atomic E-state index is 12.7. The predicted octanol–water partition coefficient (Wildman–Crippen LogP) is 3.61. The highest BCUT2D eigenvalue weighted by Crippen LogP contribution is 2.31. The van der Waals surface area contributed by atoms with Gasteiger partial charge >= 0.3 is 6.18 Å². The molecule has 0 spiro atoms. The first kappa shape index (κ1) is 24.7. The fourth-order valence-electron chi connectivity index (χ4n) is 3.45. The lowest BCUT2D eigenvalue weighted by atomic mass is 9.97. The van der Waals surface area contributed by atoms with E-state index in [0.29, 0.717) is 42.2 Å². The van der Waals surface area contributed by atoms with Gasteiger partial charge in [-0.1, -0.05) is 12.1 Å². The molecule has 1 aromatic heterocycles. The number of ether oxygens (including phenoxy) is 1. The summed E-state index contributed by atoms with van der Waals surface area (Å²) >= 11 is 1.31. The molecule has 1 N–H and O–H groups in total. The molecule has 1 aliphatic heterocycles. The Hall–Kier alpha value is -2.97. The molecule has 1 atom stereocenters. The number of carbonyl (C=O) groups excluding carboxylic acids is 2. The second-order valence-electron chi connectivity index (χ2n) is 7.56. The Balaban J connectivity index is 1.49. The Morgan fingerprint density at radius 1 is 1.30 bits per heavy atom. The minimum Gasteiger partial charge on any atom is -0.371 e. The van der Waals surface area contributed by atoms with Gasteiger partial charge in [0, 0.05) is 24.0 Å². The minimum atomic E-state index is -4.39. The molecule has 1 saturated heterocycles. The van der Waals surface area contributed by atoms with E-state index in [9.17, 15) is 22.8 Å². The first-order valence-corrected chi connectivity index (χ1v) is 11.3. The van der Waals surface area contributed by atoms with Crippen molar-refractivity contribution in [2.75, 3.05) is 26.3 Å². The van der Waals surface area contributed by atoms with Crippen molar-refractivity contribution in [2.45, 2.75) is 32.0 Å². The maximum Gasteiger partial charge on any atom is 0.416 e. The number of nitriles is 1. The first-order chi connectivity index (χ1) is 15.8. The topological polar surface area (TPSA) is 95.3 Å². The highest BCUT2D eigenvalue weighted by atomic mass is 32.1. The molecule has 0 radical (unpaired) electrons. The molecule has 2 heterocycles. The normalized spacial score (nSPS) is 16.3. The maximum absolute atomic E-state index is 12.7. The molecule has 33 heavy (non-hydrogen) atoms. The number of piperidine rings is 1. The summed E-state index contributed by atoms with van der Waals surface area (Å²) < 4.78 is 43.3. The number of likely N-dealkylation sites (tertiary alicyclic amines) is 1. The minimum absolute atomic E-state index is 0.109. The summed E-state index contributed by atoms with van der Waals surface area (Å²) in [6, 6.07) is 6.72. The van der Waals surface area contributed by atoms with Gasteiger partial charge in [-0.05, 0) is 25.0 Å². The summed E-state index contributed by atoms with van der Waals surface area (Å²) in [6.45, 7) is 1.16. The summed E-state index contributed by atoms with van der Waals surface area (Å²) in [5.74, 6) is -0.716. The fourth-order valence-corrected chi connectivity index (χ4v) is 4.19. The van der Waals surface area contributed by atoms with Gasteiger partial charge in [0.1, 0.15) is 11.6 Å². The predicted molar refractivity (Wildman–Crippen MR) is 115 cm³/mol. The zero-order chi connectivity index (χ0) is 23.8. The van der Waals surface area contributed by atoms with Gasteiger partial charge in [0.05, 0.1) is 42.8 Å². The van der Waals surface area contributed by atoms with Crippen LogP contribution in [0.25, 0.3) is 11.3 Å². The van der Waals surface area contributed by atoms with Crippen molar-refractivity contribution < 1.29 is 27.5 Å². The average Bonchev–Trinajstić information content (AvgIpc) is 3.29. The molecule has 2 aromatic rings. The van der Waals surface area contributed by atoms with Crippen molar-refractivity contribution in [1.29, 1.82) is 5.26 Å². The van der Waals surface area contributed by atoms with E-state index < -0.39 is 11.7 Å². The smallest absolute Gasteiger partial charge is 0.371 e. The number of benzene rings is 1. The summed E-state index contributed by atoms with van der Waals surface area (Å²) in [4.78, 5) is 30.8. The molecule has 3 rings (SSSR count). The fraction of sp³-hybridized carbons (Fsp3) is 0.455. The van der Waals surface area contributed by atoms with Gasteiger partial charge in [0.15, 0.2) is 0 Å². The summed E-state index contributed by atoms with van der Waals surface area (Å²) in [6.07, 6.45) is -2.80. The van der Waals surface area contributed by atoms with Gasteiger partial charge in [0.2, 0.25) is 11.8 Å². The molecule has 0 bridgehead atoms. The van der Waals surface area contributed by atoms with E-state index in [1.165, 1.54) is 23.5 Å². The van der Waals surface area contributed by atoms with Crippen molar-refractivity contribution in [1.82, 2.24) is 15.2 Å². The molecule has 0 unspecified atom stereocenters. The Morgan fingerprint density at radius 3 is 2.76 bits per heavy atom. The van der Waals surface area contributed by atoms with E-state index >= 15 is 0 Å². The highest BCUT2D eigenvalue weighted by Gasteiger charge is 2.30. The summed E-state index contributed by atoms with van der Waals surface area (Å²) in [5, 5.41) is 13.7. The number of thiazole rings is 1. The van der Waals surface area contributed by atoms with E-state index in [2.05, 4.69) is 10.3 Å². The molecule has 1 fully saturated rings. The first-order valence-electron chi connectivity index (χ1n) is 10.4. The van der Waals surface area contributed by atoms with Crippen LogP contribution in [0.5, 0.6) is 0 Å². The number of nitrogens with zero attached hydrogens (tertiary/aromatic N) is 3. The van der Waals surface area contributed by atoms with Crippen LogP contribution in [0, 0.1) is 17.2 Å². The second-order valence-corrected chi connectivity index (χ2v) is 8.50. The molecule has 1 aromatic carbocycles. The number of hydrogen-bond donors (Lipinski definition) is 1. The lowest BCUT2D eigenvalue weighted by molar-refractivity contribution is -0.140. The molecule has 0 saturated carbocycles. The van der Waals surface area contributed by atoms with Crippen LogP contribution in [0.1, 0.15) is 29.8 Å². The lowest BCUT2D eigenvalue weighted by Crippen LogP contribution is -2.46. The van der Waals surface area contributed by atoms with E-state index in [1.54, 1.807) is 10.3 Å². The van der Waals surface area contributed by atoms with Crippen molar-refractivity contribution in [3.8, 4) is 17.3 Å². The van der Waals surface area contributed by atoms with Crippen LogP contribution in [0.15, 0.2) is 29.6 Å². The average molecular weight is 481 g/mol. The number of alkyl halides is 3. The van der Waals surface area contributed by atoms with Crippen LogP contribution in [0.3, 0.4) is 0 Å². The number of halogens is 3. The van der Waals surface area contributed by atoms with Crippen molar-refractivity contribution in [3.63, 3.8) is 0 Å². The number of hydrogen-bond acceptors (Lipinski definition) is 6. The van der Waals surface area contributed by atoms with Crippen molar-refractivity contribution >= 4 is 23.2 Å². The lowest BCUT2D eigenvalue weighted by Gasteiger charge is -2.32. The van der Waals surface area contributed by atoms with E-state index in [1.807, 2.05) is 6.07 Å². The van der Waals surface area contributed by atoms with Crippen molar-refractivity contribution in [3.05, 3.63) is 40.2 Å². The van der Waals surface area contributed by atoms with Crippen LogP contribution in [0.2, 0.25) is 0 Å². The van der Waals surface area contributed by atoms with Gasteiger partial charge in [-0.2, -0.15) is 18.4 Å². The number of carbonyl (C=O) groups is 2. The third kappa shape index (κ3) is 7.00. The van der Waals surface area contributed by atoms with Crippen LogP contribution in [-0.4, -0.2) is 48.0 Å². The molecule has 1 aliphatic rings. The largest absolute Gasteiger partial charge is 0.416 e. The van der Waals surface area contributed by atoms with Gasteiger partial charge in [-0.25, -0.2) is 4.98 Å². The Kier molecular flexibility index (Phi) is 8.41. The molecule has 2 amide bonds. The molecule has 0 aliphatic carbocycles. The van der Waals surface area contributed by atoms with Crippen LogP contribution in [0.4, 0.5) is 13.2 Å². The quantitative estimate of drug-likeness (QED) is 0.583. The van der Waals surface area contributed by atoms with Crippen molar-refractivity contribution in [2.24, 2.45) is 5.92 Å². The highest BCUT2D eigenvalue weighted by molar-refractivity contribution is 7.09. The van der Waals surface area contributed by atoms with Gasteiger partial charge in [-0.15, -0.1) is 11.3 Å². The Bertz CT molecular complexity index is 1000. The number of nitrogens with one attached hydrogen (secondary N) is 1. The number of amides is 2. The van der Waals surface area contributed by atoms with Crippen LogP contribution >= 0.6 is 11.3 Å². The van der Waals surface area contributed by atoms with E-state index in [-0.39, 0.29) is 43.9 Å². The standard InChI is InChI=1S/C22H23F3N4O3S/c23-22(24,25)17-6-4-15(5-7-17)18-14-33-19(28-18)11-27-21(31)16-3-1-9-29(12-16)20(30)13-32-10-2-8-26/h4-7,14,16H,1-3,9-13H2,(H,27,31)/t16-/m0/s1. The zero-order valence-electron chi connectivity index (χ0n) is 17.7. The van der Waals surface area contributed by atoms with Gasteiger partial charge < -0.3 is 15.0 Å². The van der Waals surface area contributed by atoms with Gasteiger partial charge in [-0.3, -0.25) is 9.59 Å².